The van der Waals surface area contributed by atoms with Crippen molar-refractivity contribution in [2.24, 2.45) is 12.8 Å². The van der Waals surface area contributed by atoms with E-state index in [-0.39, 0.29) is 11.1 Å². The van der Waals surface area contributed by atoms with E-state index >= 15 is 0 Å². The van der Waals surface area contributed by atoms with Crippen LogP contribution >= 0.6 is 0 Å². The van der Waals surface area contributed by atoms with E-state index < -0.39 is 11.9 Å². The predicted octanol–water partition coefficient (Wildman–Crippen LogP) is 2.57. The molecular weight excluding hydrogens is 440 g/mol. The number of para-hydroxylation sites is 1. The average molecular weight is 460 g/mol. The van der Waals surface area contributed by atoms with Crippen LogP contribution in [0.15, 0.2) is 55.1 Å². The number of carbonyl (C=O) groups is 2. The highest BCUT2D eigenvalue weighted by molar-refractivity contribution is 6.00. The van der Waals surface area contributed by atoms with Crippen molar-refractivity contribution in [1.29, 1.82) is 0 Å². The van der Waals surface area contributed by atoms with Gasteiger partial charge in [0.05, 0.1) is 35.2 Å². The van der Waals surface area contributed by atoms with Crippen LogP contribution in [0.1, 0.15) is 20.7 Å². The van der Waals surface area contributed by atoms with Crippen LogP contribution in [0.5, 0.6) is 5.75 Å². The third-order valence-corrected chi connectivity index (χ3v) is 4.76. The minimum atomic E-state index is -1.08. The zero-order chi connectivity index (χ0) is 24.2. The second-order valence-electron chi connectivity index (χ2n) is 7.09. The smallest absolute Gasteiger partial charge is 0.337 e. The fraction of sp³-hybridized carbons (Fsp3) is 0.0909. The number of rotatable bonds is 8. The Balaban J connectivity index is 1.68. The van der Waals surface area contributed by atoms with Gasteiger partial charge in [-0.1, -0.05) is 6.07 Å². The molecule has 0 saturated carbocycles. The summed E-state index contributed by atoms with van der Waals surface area (Å²) in [4.78, 5) is 35.6. The molecule has 3 aromatic heterocycles. The number of methoxy groups -OCH3 is 1. The maximum atomic E-state index is 12.0. The first-order valence-corrected chi connectivity index (χ1v) is 9.92. The van der Waals surface area contributed by atoms with Crippen LogP contribution in [0.3, 0.4) is 0 Å². The van der Waals surface area contributed by atoms with Gasteiger partial charge in [0.2, 0.25) is 0 Å². The van der Waals surface area contributed by atoms with Crippen molar-refractivity contribution in [2.75, 3.05) is 17.7 Å². The molecule has 4 aromatic rings. The Bertz CT molecular complexity index is 1370. The number of nitrogens with one attached hydrogen (secondary N) is 2. The van der Waals surface area contributed by atoms with Crippen molar-refractivity contribution in [3.05, 3.63) is 66.2 Å². The van der Waals surface area contributed by atoms with Gasteiger partial charge in [-0.3, -0.25) is 9.48 Å². The lowest BCUT2D eigenvalue weighted by molar-refractivity contribution is 0.0696. The number of nitrogens with two attached hydrogens (primary N) is 1. The van der Waals surface area contributed by atoms with Gasteiger partial charge in [0.1, 0.15) is 18.0 Å². The first-order valence-electron chi connectivity index (χ1n) is 9.92. The summed E-state index contributed by atoms with van der Waals surface area (Å²) in [6.45, 7) is 0. The van der Waals surface area contributed by atoms with Crippen LogP contribution in [0.2, 0.25) is 0 Å². The summed E-state index contributed by atoms with van der Waals surface area (Å²) in [7, 11) is 3.29. The topological polar surface area (TPSA) is 170 Å². The molecule has 12 heteroatoms. The Labute approximate surface area is 193 Å². The Kier molecular flexibility index (Phi) is 6.03. The second-order valence-corrected chi connectivity index (χ2v) is 7.09. The lowest BCUT2D eigenvalue weighted by Gasteiger charge is -2.16. The summed E-state index contributed by atoms with van der Waals surface area (Å²) in [6, 6.07) is 9.89. The van der Waals surface area contributed by atoms with Crippen molar-refractivity contribution in [3.63, 3.8) is 0 Å². The summed E-state index contributed by atoms with van der Waals surface area (Å²) in [5.41, 5.74) is 7.34. The van der Waals surface area contributed by atoms with E-state index in [1.165, 1.54) is 31.6 Å². The van der Waals surface area contributed by atoms with Gasteiger partial charge in [-0.2, -0.15) is 5.10 Å². The van der Waals surface area contributed by atoms with Crippen LogP contribution < -0.4 is 21.1 Å². The standard InChI is InChI=1S/C22H20N8O4/c1-30-11-26-21(29-30)13-4-3-5-15(19(13)34-2)27-16-8-18(25-10-14(16)20(23)31)28-17-7-6-12(9-24-17)22(32)33/h3-11H,1-2H3,(H2,23,31)(H,32,33)(H2,24,25,27,28). The molecule has 0 aliphatic carbocycles. The zero-order valence-electron chi connectivity index (χ0n) is 18.2. The van der Waals surface area contributed by atoms with Gasteiger partial charge in [0.15, 0.2) is 11.6 Å². The van der Waals surface area contributed by atoms with Crippen LogP contribution in [0.25, 0.3) is 11.4 Å². The van der Waals surface area contributed by atoms with Crippen molar-refractivity contribution >= 4 is 34.9 Å². The molecule has 0 fully saturated rings. The highest BCUT2D eigenvalue weighted by Crippen LogP contribution is 2.37. The number of anilines is 4. The zero-order valence-corrected chi connectivity index (χ0v) is 18.2. The highest BCUT2D eigenvalue weighted by atomic mass is 16.5. The van der Waals surface area contributed by atoms with E-state index in [9.17, 15) is 9.59 Å². The maximum absolute atomic E-state index is 12.0. The molecule has 1 amide bonds. The normalized spacial score (nSPS) is 10.5. The van der Waals surface area contributed by atoms with Crippen LogP contribution in [-0.4, -0.2) is 48.8 Å². The fourth-order valence-electron chi connectivity index (χ4n) is 3.19. The Morgan fingerprint density at radius 3 is 2.44 bits per heavy atom. The van der Waals surface area contributed by atoms with Crippen LogP contribution in [-0.2, 0) is 7.05 Å². The van der Waals surface area contributed by atoms with Gasteiger partial charge < -0.3 is 26.2 Å². The fourth-order valence-corrected chi connectivity index (χ4v) is 3.19. The number of amides is 1. The van der Waals surface area contributed by atoms with Crippen molar-refractivity contribution in [2.45, 2.75) is 0 Å². The van der Waals surface area contributed by atoms with E-state index in [1.54, 1.807) is 36.3 Å². The number of carboxylic acid groups (broad SMARTS) is 1. The number of aromatic nitrogens is 5. The molecule has 0 aliphatic rings. The number of primary amides is 1. The molecule has 34 heavy (non-hydrogen) atoms. The first kappa shape index (κ1) is 22.2. The number of pyridine rings is 2. The molecule has 0 aliphatic heterocycles. The molecule has 0 radical (unpaired) electrons. The molecule has 12 nitrogen and oxygen atoms in total. The van der Waals surface area contributed by atoms with E-state index in [4.69, 9.17) is 15.6 Å². The van der Waals surface area contributed by atoms with Crippen molar-refractivity contribution < 1.29 is 19.4 Å². The number of carboxylic acids is 1. The molecule has 0 spiro atoms. The number of benzene rings is 1. The Hall–Kier alpha value is -5.00. The minimum absolute atomic E-state index is 0.0549. The van der Waals surface area contributed by atoms with Gasteiger partial charge in [-0.15, -0.1) is 0 Å². The molecule has 1 aromatic carbocycles. The number of hydrogen-bond acceptors (Lipinski definition) is 9. The molecule has 4 rings (SSSR count). The van der Waals surface area contributed by atoms with Crippen LogP contribution in [0.4, 0.5) is 23.0 Å². The number of aryl methyl sites for hydroxylation is 1. The monoisotopic (exact) mass is 460 g/mol. The van der Waals surface area contributed by atoms with Crippen molar-refractivity contribution in [3.8, 4) is 17.1 Å². The largest absolute Gasteiger partial charge is 0.494 e. The van der Waals surface area contributed by atoms with Gasteiger partial charge in [0.25, 0.3) is 5.91 Å². The number of nitrogens with zero attached hydrogens (tertiary/aromatic N) is 5. The van der Waals surface area contributed by atoms with E-state index in [1.807, 2.05) is 6.07 Å². The third kappa shape index (κ3) is 4.60. The Morgan fingerprint density at radius 2 is 1.82 bits per heavy atom. The van der Waals surface area contributed by atoms with Gasteiger partial charge in [0, 0.05) is 25.5 Å². The van der Waals surface area contributed by atoms with E-state index in [0.29, 0.717) is 40.1 Å². The molecule has 5 N–H and O–H groups in total. The van der Waals surface area contributed by atoms with E-state index in [2.05, 4.69) is 30.7 Å². The second kappa shape index (κ2) is 9.24. The number of carbonyl (C=O) groups excluding carboxylic acids is 1. The van der Waals surface area contributed by atoms with Gasteiger partial charge in [-0.05, 0) is 24.3 Å². The summed E-state index contributed by atoms with van der Waals surface area (Å²) >= 11 is 0. The molecule has 0 atom stereocenters. The summed E-state index contributed by atoms with van der Waals surface area (Å²) in [6.07, 6.45) is 4.14. The molecule has 0 saturated heterocycles. The lowest BCUT2D eigenvalue weighted by Crippen LogP contribution is -2.14. The third-order valence-electron chi connectivity index (χ3n) is 4.76. The maximum Gasteiger partial charge on any atom is 0.337 e. The number of aromatic carboxylic acids is 1. The minimum Gasteiger partial charge on any atom is -0.494 e. The SMILES string of the molecule is COc1c(Nc2cc(Nc3ccc(C(=O)O)cn3)ncc2C(N)=O)cccc1-c1ncn(C)n1. The first-order chi connectivity index (χ1) is 16.4. The summed E-state index contributed by atoms with van der Waals surface area (Å²) in [5, 5.41) is 19.5. The summed E-state index contributed by atoms with van der Waals surface area (Å²) < 4.78 is 7.19. The lowest BCUT2D eigenvalue weighted by atomic mass is 10.1. The van der Waals surface area contributed by atoms with Crippen molar-refractivity contribution in [1.82, 2.24) is 24.7 Å². The number of ether oxygens (including phenoxy) is 1. The summed E-state index contributed by atoms with van der Waals surface area (Å²) in [5.74, 6) is -0.0771. The molecular formula is C22H20N8O4. The van der Waals surface area contributed by atoms with Gasteiger partial charge in [-0.25, -0.2) is 19.7 Å². The molecule has 3 heterocycles. The number of hydrogen-bond donors (Lipinski definition) is 4. The quantitative estimate of drug-likeness (QED) is 0.306. The molecule has 0 unspecified atom stereocenters. The highest BCUT2D eigenvalue weighted by Gasteiger charge is 2.17. The average Bonchev–Trinajstić information content (AvgIpc) is 3.25. The Morgan fingerprint density at radius 1 is 1.03 bits per heavy atom. The van der Waals surface area contributed by atoms with Crippen LogP contribution in [0, 0.1) is 0 Å². The van der Waals surface area contributed by atoms with E-state index in [0.717, 1.165) is 0 Å². The predicted molar refractivity (Wildman–Crippen MR) is 124 cm³/mol. The van der Waals surface area contributed by atoms with Gasteiger partial charge >= 0.3 is 5.97 Å². The molecule has 172 valence electrons. The molecule has 0 bridgehead atoms.